The van der Waals surface area contributed by atoms with Crippen LogP contribution in [-0.2, 0) is 14.6 Å². The van der Waals surface area contributed by atoms with Gasteiger partial charge in [0.1, 0.15) is 11.5 Å². The molecule has 0 bridgehead atoms. The smallest absolute Gasteiger partial charge is 0.220 e. The van der Waals surface area contributed by atoms with Crippen LogP contribution in [0.2, 0.25) is 0 Å². The molecule has 1 N–H and O–H groups in total. The number of carbonyl (C=O) groups excluding carboxylic acids is 1. The summed E-state index contributed by atoms with van der Waals surface area (Å²) in [5.41, 5.74) is -0.633. The van der Waals surface area contributed by atoms with Gasteiger partial charge in [-0.15, -0.1) is 0 Å². The van der Waals surface area contributed by atoms with E-state index in [-0.39, 0.29) is 17.4 Å². The molecule has 7 heteroatoms. The Morgan fingerprint density at radius 3 is 2.38 bits per heavy atom. The number of carbonyl (C=O) groups is 1. The van der Waals surface area contributed by atoms with Crippen molar-refractivity contribution in [1.82, 2.24) is 5.32 Å². The van der Waals surface area contributed by atoms with E-state index in [1.54, 1.807) is 6.92 Å². The van der Waals surface area contributed by atoms with Gasteiger partial charge in [-0.05, 0) is 51.0 Å². The molecule has 0 radical (unpaired) electrons. The van der Waals surface area contributed by atoms with Crippen molar-refractivity contribution in [2.75, 3.05) is 24.7 Å². The Hall–Kier alpha value is -1.76. The molecule has 1 aliphatic heterocycles. The lowest BCUT2D eigenvalue weighted by atomic mass is 10.0. The van der Waals surface area contributed by atoms with Crippen LogP contribution >= 0.6 is 0 Å². The zero-order valence-corrected chi connectivity index (χ0v) is 15.0. The maximum atomic E-state index is 12.0. The van der Waals surface area contributed by atoms with Crippen LogP contribution in [0, 0.1) is 0 Å². The summed E-state index contributed by atoms with van der Waals surface area (Å²) in [5, 5.41) is 2.84. The maximum Gasteiger partial charge on any atom is 0.220 e. The molecular weight excluding hydrogens is 330 g/mol. The second-order valence-electron chi connectivity index (χ2n) is 6.31. The van der Waals surface area contributed by atoms with Gasteiger partial charge in [-0.3, -0.25) is 4.79 Å². The van der Waals surface area contributed by atoms with Gasteiger partial charge in [0.25, 0.3) is 0 Å². The van der Waals surface area contributed by atoms with Crippen LogP contribution in [0.4, 0.5) is 0 Å². The molecule has 1 atom stereocenters. The van der Waals surface area contributed by atoms with E-state index in [0.29, 0.717) is 32.5 Å². The molecule has 1 aromatic rings. The number of amides is 1. The third-order valence-corrected chi connectivity index (χ3v) is 5.80. The molecule has 24 heavy (non-hydrogen) atoms. The zero-order valence-electron chi connectivity index (χ0n) is 14.2. The molecule has 1 aromatic carbocycles. The monoisotopic (exact) mass is 355 g/mol. The highest BCUT2D eigenvalue weighted by Crippen LogP contribution is 2.23. The second-order valence-corrected chi connectivity index (χ2v) is 8.49. The molecule has 1 aliphatic rings. The van der Waals surface area contributed by atoms with Crippen molar-refractivity contribution < 1.29 is 22.7 Å². The summed E-state index contributed by atoms with van der Waals surface area (Å²) < 4.78 is 34.0. The molecule has 1 saturated heterocycles. The van der Waals surface area contributed by atoms with Gasteiger partial charge in [0, 0.05) is 6.42 Å². The van der Waals surface area contributed by atoms with Crippen LogP contribution in [0.25, 0.3) is 0 Å². The molecule has 2 rings (SSSR count). The van der Waals surface area contributed by atoms with Gasteiger partial charge < -0.3 is 14.8 Å². The summed E-state index contributed by atoms with van der Waals surface area (Å²) in [6.07, 6.45) is 1.36. The van der Waals surface area contributed by atoms with Crippen LogP contribution < -0.4 is 14.8 Å². The minimum absolute atomic E-state index is 0.0222. The van der Waals surface area contributed by atoms with Crippen molar-refractivity contribution >= 4 is 15.7 Å². The van der Waals surface area contributed by atoms with Crippen LogP contribution in [0.5, 0.6) is 11.5 Å². The fourth-order valence-electron chi connectivity index (χ4n) is 2.73. The molecule has 1 heterocycles. The quantitative estimate of drug-likeness (QED) is 0.721. The Kier molecular flexibility index (Phi) is 6.10. The standard InChI is InChI=1S/C17H25NO5S/c1-3-22-14-6-8-15(9-7-14)23-11-4-5-16(19)18-17(2)10-12-24(20,21)13-17/h6-9H,3-5,10-13H2,1-2H3,(H,18,19)/t17-/m1/s1. The molecule has 0 saturated carbocycles. The summed E-state index contributed by atoms with van der Waals surface area (Å²) in [6.45, 7) is 4.76. The topological polar surface area (TPSA) is 81.7 Å². The molecule has 0 aromatic heterocycles. The SMILES string of the molecule is CCOc1ccc(OCCCC(=O)N[C@]2(C)CCS(=O)(=O)C2)cc1. The van der Waals surface area contributed by atoms with Crippen LogP contribution in [0.1, 0.15) is 33.1 Å². The summed E-state index contributed by atoms with van der Waals surface area (Å²) >= 11 is 0. The summed E-state index contributed by atoms with van der Waals surface area (Å²) in [5.74, 6) is 1.56. The number of rotatable bonds is 8. The summed E-state index contributed by atoms with van der Waals surface area (Å²) in [4.78, 5) is 12.0. The number of hydrogen-bond donors (Lipinski definition) is 1. The van der Waals surface area contributed by atoms with Crippen LogP contribution in [0.3, 0.4) is 0 Å². The van der Waals surface area contributed by atoms with Crippen molar-refractivity contribution in [1.29, 1.82) is 0 Å². The van der Waals surface area contributed by atoms with E-state index >= 15 is 0 Å². The molecular formula is C17H25NO5S. The van der Waals surface area contributed by atoms with E-state index in [2.05, 4.69) is 5.32 Å². The predicted octanol–water partition coefficient (Wildman–Crippen LogP) is 1.94. The highest BCUT2D eigenvalue weighted by atomic mass is 32.2. The van der Waals surface area contributed by atoms with Crippen LogP contribution in [-0.4, -0.2) is 44.6 Å². The first-order valence-electron chi connectivity index (χ1n) is 8.19. The first kappa shape index (κ1) is 18.6. The Morgan fingerprint density at radius 1 is 1.21 bits per heavy atom. The predicted molar refractivity (Wildman–Crippen MR) is 92.2 cm³/mol. The lowest BCUT2D eigenvalue weighted by molar-refractivity contribution is -0.122. The van der Waals surface area contributed by atoms with Crippen molar-refractivity contribution in [2.45, 2.75) is 38.6 Å². The largest absolute Gasteiger partial charge is 0.494 e. The van der Waals surface area contributed by atoms with Crippen molar-refractivity contribution in [3.8, 4) is 11.5 Å². The van der Waals surface area contributed by atoms with Crippen molar-refractivity contribution in [3.63, 3.8) is 0 Å². The third-order valence-electron chi connectivity index (χ3n) is 3.90. The lowest BCUT2D eigenvalue weighted by Crippen LogP contribution is -2.46. The second kappa shape index (κ2) is 7.88. The fourth-order valence-corrected chi connectivity index (χ4v) is 4.82. The molecule has 1 fully saturated rings. The molecule has 0 aliphatic carbocycles. The Labute approximate surface area is 143 Å². The molecule has 0 unspecified atom stereocenters. The van der Waals surface area contributed by atoms with E-state index in [1.165, 1.54) is 0 Å². The number of sulfone groups is 1. The number of benzene rings is 1. The van der Waals surface area contributed by atoms with Crippen LogP contribution in [0.15, 0.2) is 24.3 Å². The lowest BCUT2D eigenvalue weighted by Gasteiger charge is -2.23. The maximum absolute atomic E-state index is 12.0. The van der Waals surface area contributed by atoms with E-state index in [9.17, 15) is 13.2 Å². The normalized spacial score (nSPS) is 22.1. The van der Waals surface area contributed by atoms with E-state index in [1.807, 2.05) is 31.2 Å². The van der Waals surface area contributed by atoms with Gasteiger partial charge in [-0.2, -0.15) is 0 Å². The highest BCUT2D eigenvalue weighted by molar-refractivity contribution is 7.91. The highest BCUT2D eigenvalue weighted by Gasteiger charge is 2.39. The van der Waals surface area contributed by atoms with Gasteiger partial charge >= 0.3 is 0 Å². The van der Waals surface area contributed by atoms with Gasteiger partial charge in [0.2, 0.25) is 5.91 Å². The van der Waals surface area contributed by atoms with Gasteiger partial charge in [-0.1, -0.05) is 0 Å². The zero-order chi connectivity index (χ0) is 17.6. The first-order valence-corrected chi connectivity index (χ1v) is 10.0. The average molecular weight is 355 g/mol. The summed E-state index contributed by atoms with van der Waals surface area (Å²) in [6, 6.07) is 7.34. The Morgan fingerprint density at radius 2 is 1.83 bits per heavy atom. The average Bonchev–Trinajstić information content (AvgIpc) is 2.79. The van der Waals surface area contributed by atoms with E-state index < -0.39 is 15.4 Å². The molecule has 0 spiro atoms. The van der Waals surface area contributed by atoms with Crippen molar-refractivity contribution in [3.05, 3.63) is 24.3 Å². The molecule has 6 nitrogen and oxygen atoms in total. The Bertz CT molecular complexity index is 656. The van der Waals surface area contributed by atoms with Gasteiger partial charge in [0.15, 0.2) is 9.84 Å². The van der Waals surface area contributed by atoms with Crippen molar-refractivity contribution in [2.24, 2.45) is 0 Å². The minimum Gasteiger partial charge on any atom is -0.494 e. The van der Waals surface area contributed by atoms with Gasteiger partial charge in [0.05, 0.1) is 30.3 Å². The Balaban J connectivity index is 1.67. The van der Waals surface area contributed by atoms with E-state index in [0.717, 1.165) is 11.5 Å². The number of ether oxygens (including phenoxy) is 2. The number of nitrogens with one attached hydrogen (secondary N) is 1. The summed E-state index contributed by atoms with van der Waals surface area (Å²) in [7, 11) is -3.02. The minimum atomic E-state index is -3.02. The third kappa shape index (κ3) is 5.70. The molecule has 134 valence electrons. The first-order chi connectivity index (χ1) is 11.3. The number of hydrogen-bond acceptors (Lipinski definition) is 5. The molecule has 1 amide bonds. The fraction of sp³-hybridized carbons (Fsp3) is 0.588. The van der Waals surface area contributed by atoms with E-state index in [4.69, 9.17) is 9.47 Å². The van der Waals surface area contributed by atoms with Gasteiger partial charge in [-0.25, -0.2) is 8.42 Å².